The third kappa shape index (κ3) is 3.67. The molecule has 0 amide bonds. The zero-order valence-corrected chi connectivity index (χ0v) is 17.8. The molecule has 4 nitrogen and oxygen atoms in total. The lowest BCUT2D eigenvalue weighted by Gasteiger charge is -2.42. The van der Waals surface area contributed by atoms with Crippen molar-refractivity contribution in [2.24, 2.45) is 0 Å². The average molecular weight is 414 g/mol. The number of likely N-dealkylation sites (tertiary alicyclic amines) is 1. The van der Waals surface area contributed by atoms with Crippen LogP contribution in [0.25, 0.3) is 0 Å². The number of hydrogen-bond donors (Lipinski definition) is 1. The van der Waals surface area contributed by atoms with Gasteiger partial charge in [-0.25, -0.2) is 0 Å². The maximum Gasteiger partial charge on any atom is 0.159 e. The van der Waals surface area contributed by atoms with Crippen molar-refractivity contribution in [2.45, 2.75) is 38.0 Å². The van der Waals surface area contributed by atoms with Crippen LogP contribution >= 0.6 is 0 Å². The SMILES string of the molecule is CC(=O)c1ccc2c(c1)C(N1CCC(O)(c3ccccc3)CC1)c1ccccc1CO2. The summed E-state index contributed by atoms with van der Waals surface area (Å²) in [6, 6.07) is 24.1. The Morgan fingerprint density at radius 1 is 0.968 bits per heavy atom. The molecule has 2 aliphatic heterocycles. The number of fused-ring (bicyclic) bond motifs is 2. The number of nitrogens with zero attached hydrogens (tertiary/aromatic N) is 1. The number of Topliss-reactive ketones (excluding diaryl/α,β-unsaturated/α-hetero) is 1. The molecule has 1 saturated heterocycles. The minimum Gasteiger partial charge on any atom is -0.489 e. The van der Waals surface area contributed by atoms with Gasteiger partial charge >= 0.3 is 0 Å². The number of carbonyl (C=O) groups is 1. The Balaban J connectivity index is 1.53. The van der Waals surface area contributed by atoms with Crippen molar-refractivity contribution in [1.29, 1.82) is 0 Å². The standard InChI is InChI=1S/C27H27NO3/c1-19(29)20-11-12-25-24(17-20)26(23-10-6-5-7-21(23)18-31-25)28-15-13-27(30,14-16-28)22-8-3-2-4-9-22/h2-12,17,26,30H,13-16,18H2,1H3. The number of benzene rings is 3. The molecule has 4 heteroatoms. The minimum atomic E-state index is -0.803. The van der Waals surface area contributed by atoms with Crippen LogP contribution < -0.4 is 4.74 Å². The van der Waals surface area contributed by atoms with Gasteiger partial charge < -0.3 is 9.84 Å². The first-order valence-corrected chi connectivity index (χ1v) is 10.9. The van der Waals surface area contributed by atoms with Crippen LogP contribution in [0.1, 0.15) is 58.4 Å². The van der Waals surface area contributed by atoms with E-state index < -0.39 is 5.60 Å². The Morgan fingerprint density at radius 3 is 2.42 bits per heavy atom. The first kappa shape index (κ1) is 20.0. The molecule has 158 valence electrons. The summed E-state index contributed by atoms with van der Waals surface area (Å²) in [6.45, 7) is 3.63. The van der Waals surface area contributed by atoms with E-state index in [-0.39, 0.29) is 11.8 Å². The molecule has 1 fully saturated rings. The van der Waals surface area contributed by atoms with Gasteiger partial charge in [0.05, 0.1) is 11.6 Å². The van der Waals surface area contributed by atoms with Gasteiger partial charge in [-0.1, -0.05) is 54.6 Å². The fourth-order valence-electron chi connectivity index (χ4n) is 4.95. The van der Waals surface area contributed by atoms with Crippen molar-refractivity contribution in [3.05, 3.63) is 101 Å². The third-order valence-corrected chi connectivity index (χ3v) is 6.75. The minimum absolute atomic E-state index is 0.00618. The van der Waals surface area contributed by atoms with E-state index in [9.17, 15) is 9.90 Å². The molecule has 3 aromatic rings. The van der Waals surface area contributed by atoms with Crippen LogP contribution in [-0.4, -0.2) is 28.9 Å². The molecule has 0 spiro atoms. The Bertz CT molecular complexity index is 1100. The summed E-state index contributed by atoms with van der Waals surface area (Å²) in [6.07, 6.45) is 1.33. The van der Waals surface area contributed by atoms with Gasteiger partial charge in [0.25, 0.3) is 0 Å². The molecular weight excluding hydrogens is 386 g/mol. The lowest BCUT2D eigenvalue weighted by atomic mass is 9.82. The van der Waals surface area contributed by atoms with Crippen molar-refractivity contribution in [3.8, 4) is 5.75 Å². The second kappa shape index (κ2) is 7.95. The second-order valence-electron chi connectivity index (χ2n) is 8.63. The molecule has 2 aliphatic rings. The van der Waals surface area contributed by atoms with Crippen molar-refractivity contribution >= 4 is 5.78 Å². The Labute approximate surface area is 183 Å². The maximum absolute atomic E-state index is 12.1. The summed E-state index contributed by atoms with van der Waals surface area (Å²) < 4.78 is 6.15. The van der Waals surface area contributed by atoms with Gasteiger partial charge in [0, 0.05) is 24.2 Å². The quantitative estimate of drug-likeness (QED) is 0.624. The molecule has 5 rings (SSSR count). The predicted octanol–water partition coefficient (Wildman–Crippen LogP) is 4.85. The fourth-order valence-corrected chi connectivity index (χ4v) is 4.95. The van der Waals surface area contributed by atoms with Crippen LogP contribution in [0, 0.1) is 0 Å². The van der Waals surface area contributed by atoms with Gasteiger partial charge in [-0.15, -0.1) is 0 Å². The number of aliphatic hydroxyl groups is 1. The van der Waals surface area contributed by atoms with E-state index >= 15 is 0 Å². The summed E-state index contributed by atoms with van der Waals surface area (Å²) in [4.78, 5) is 14.5. The molecule has 0 radical (unpaired) electrons. The highest BCUT2D eigenvalue weighted by Gasteiger charge is 2.38. The Kier molecular flexibility index (Phi) is 5.12. The summed E-state index contributed by atoms with van der Waals surface area (Å²) >= 11 is 0. The monoisotopic (exact) mass is 413 g/mol. The summed E-state index contributed by atoms with van der Waals surface area (Å²) in [5.41, 5.74) is 4.29. The van der Waals surface area contributed by atoms with Gasteiger partial charge in [-0.05, 0) is 54.7 Å². The maximum atomic E-state index is 12.1. The zero-order chi connectivity index (χ0) is 21.4. The molecule has 0 bridgehead atoms. The van der Waals surface area contributed by atoms with Crippen molar-refractivity contribution in [2.75, 3.05) is 13.1 Å². The van der Waals surface area contributed by atoms with Crippen LogP contribution in [0.2, 0.25) is 0 Å². The Morgan fingerprint density at radius 2 is 1.68 bits per heavy atom. The Hall–Kier alpha value is -2.95. The van der Waals surface area contributed by atoms with Gasteiger partial charge in [0.15, 0.2) is 5.78 Å². The van der Waals surface area contributed by atoms with Crippen molar-refractivity contribution < 1.29 is 14.6 Å². The average Bonchev–Trinajstić information content (AvgIpc) is 2.97. The van der Waals surface area contributed by atoms with E-state index in [1.54, 1.807) is 6.92 Å². The number of ether oxygens (including phenoxy) is 1. The number of rotatable bonds is 3. The number of piperidine rings is 1. The number of ketones is 1. The van der Waals surface area contributed by atoms with E-state index in [4.69, 9.17) is 4.74 Å². The molecular formula is C27H27NO3. The van der Waals surface area contributed by atoms with Gasteiger partial charge in [-0.2, -0.15) is 0 Å². The number of hydrogen-bond acceptors (Lipinski definition) is 4. The van der Waals surface area contributed by atoms with Crippen molar-refractivity contribution in [3.63, 3.8) is 0 Å². The van der Waals surface area contributed by atoms with E-state index in [1.807, 2.05) is 54.6 Å². The summed E-state index contributed by atoms with van der Waals surface area (Å²) in [5, 5.41) is 11.3. The first-order chi connectivity index (χ1) is 15.0. The molecule has 31 heavy (non-hydrogen) atoms. The second-order valence-corrected chi connectivity index (χ2v) is 8.63. The lowest BCUT2D eigenvalue weighted by Crippen LogP contribution is -2.44. The van der Waals surface area contributed by atoms with Crippen LogP contribution in [0.4, 0.5) is 0 Å². The number of carbonyl (C=O) groups excluding carboxylic acids is 1. The van der Waals surface area contributed by atoms with E-state index in [2.05, 4.69) is 23.1 Å². The molecule has 0 aromatic heterocycles. The first-order valence-electron chi connectivity index (χ1n) is 10.9. The molecule has 0 saturated carbocycles. The lowest BCUT2D eigenvalue weighted by molar-refractivity contribution is -0.0325. The van der Waals surface area contributed by atoms with Gasteiger partial charge in [0.2, 0.25) is 0 Å². The summed E-state index contributed by atoms with van der Waals surface area (Å²) in [7, 11) is 0. The zero-order valence-electron chi connectivity index (χ0n) is 17.8. The van der Waals surface area contributed by atoms with Crippen LogP contribution in [0.15, 0.2) is 72.8 Å². The molecule has 1 N–H and O–H groups in total. The van der Waals surface area contributed by atoms with Crippen LogP contribution in [0.3, 0.4) is 0 Å². The summed E-state index contributed by atoms with van der Waals surface area (Å²) in [5.74, 6) is 0.881. The third-order valence-electron chi connectivity index (χ3n) is 6.75. The topological polar surface area (TPSA) is 49.8 Å². The highest BCUT2D eigenvalue weighted by Crippen LogP contribution is 2.43. The molecule has 2 heterocycles. The highest BCUT2D eigenvalue weighted by molar-refractivity contribution is 5.94. The molecule has 1 atom stereocenters. The van der Waals surface area contributed by atoms with Crippen LogP contribution in [0.5, 0.6) is 5.75 Å². The molecule has 0 aliphatic carbocycles. The highest BCUT2D eigenvalue weighted by atomic mass is 16.5. The predicted molar refractivity (Wildman–Crippen MR) is 120 cm³/mol. The van der Waals surface area contributed by atoms with E-state index in [1.165, 1.54) is 5.56 Å². The van der Waals surface area contributed by atoms with Gasteiger partial charge in [-0.3, -0.25) is 9.69 Å². The normalized spacial score (nSPS) is 20.1. The van der Waals surface area contributed by atoms with E-state index in [0.717, 1.165) is 35.5 Å². The fraction of sp³-hybridized carbons (Fsp3) is 0.296. The smallest absolute Gasteiger partial charge is 0.159 e. The largest absolute Gasteiger partial charge is 0.489 e. The van der Waals surface area contributed by atoms with Crippen molar-refractivity contribution in [1.82, 2.24) is 4.90 Å². The van der Waals surface area contributed by atoms with Crippen LogP contribution in [-0.2, 0) is 12.2 Å². The molecule has 3 aromatic carbocycles. The van der Waals surface area contributed by atoms with E-state index in [0.29, 0.717) is 25.0 Å². The van der Waals surface area contributed by atoms with Gasteiger partial charge in [0.1, 0.15) is 12.4 Å². The molecule has 1 unspecified atom stereocenters.